The maximum Gasteiger partial charge on any atom is 0.223 e. The summed E-state index contributed by atoms with van der Waals surface area (Å²) in [6.07, 6.45) is 2.61. The van der Waals surface area contributed by atoms with Gasteiger partial charge in [0.2, 0.25) is 5.91 Å². The molecule has 1 aromatic rings. The zero-order valence-corrected chi connectivity index (χ0v) is 14.5. The molecule has 22 heavy (non-hydrogen) atoms. The second kappa shape index (κ2) is 9.21. The van der Waals surface area contributed by atoms with Crippen molar-refractivity contribution in [2.45, 2.75) is 44.0 Å². The average molecular weight is 321 g/mol. The second-order valence-corrected chi connectivity index (χ2v) is 7.38. The average Bonchev–Trinajstić information content (AvgIpc) is 2.52. The molecule has 1 saturated heterocycles. The molecule has 1 aromatic carbocycles. The maximum absolute atomic E-state index is 12.5. The van der Waals surface area contributed by atoms with Crippen molar-refractivity contribution in [1.82, 2.24) is 4.90 Å². The van der Waals surface area contributed by atoms with E-state index >= 15 is 0 Å². The Morgan fingerprint density at radius 1 is 1.36 bits per heavy atom. The fourth-order valence-electron chi connectivity index (χ4n) is 2.80. The molecule has 1 atom stereocenters. The SMILES string of the molecule is CC(C)CC1COCCN1C(=O)CCCSc1ccccc1. The number of benzene rings is 1. The van der Waals surface area contributed by atoms with Gasteiger partial charge in [0.05, 0.1) is 19.3 Å². The molecule has 0 bridgehead atoms. The fraction of sp³-hybridized carbons (Fsp3) is 0.611. The van der Waals surface area contributed by atoms with Crippen molar-refractivity contribution in [3.8, 4) is 0 Å². The van der Waals surface area contributed by atoms with E-state index in [1.54, 1.807) is 0 Å². The number of hydrogen-bond acceptors (Lipinski definition) is 3. The Balaban J connectivity index is 1.73. The van der Waals surface area contributed by atoms with Crippen molar-refractivity contribution < 1.29 is 9.53 Å². The highest BCUT2D eigenvalue weighted by Gasteiger charge is 2.27. The number of nitrogens with zero attached hydrogens (tertiary/aromatic N) is 1. The molecule has 0 radical (unpaired) electrons. The first-order valence-electron chi connectivity index (χ1n) is 8.22. The van der Waals surface area contributed by atoms with Crippen LogP contribution in [-0.4, -0.2) is 42.4 Å². The van der Waals surface area contributed by atoms with Crippen LogP contribution in [0.25, 0.3) is 0 Å². The van der Waals surface area contributed by atoms with Gasteiger partial charge in [-0.05, 0) is 36.6 Å². The van der Waals surface area contributed by atoms with Crippen LogP contribution in [0.15, 0.2) is 35.2 Å². The van der Waals surface area contributed by atoms with Gasteiger partial charge in [-0.3, -0.25) is 4.79 Å². The minimum Gasteiger partial charge on any atom is -0.377 e. The van der Waals surface area contributed by atoms with Gasteiger partial charge in [0.25, 0.3) is 0 Å². The zero-order chi connectivity index (χ0) is 15.8. The molecule has 2 rings (SSSR count). The number of amides is 1. The number of hydrogen-bond donors (Lipinski definition) is 0. The summed E-state index contributed by atoms with van der Waals surface area (Å²) in [6, 6.07) is 10.6. The summed E-state index contributed by atoms with van der Waals surface area (Å²) in [5.41, 5.74) is 0. The molecule has 1 amide bonds. The largest absolute Gasteiger partial charge is 0.377 e. The van der Waals surface area contributed by atoms with Gasteiger partial charge in [0, 0.05) is 17.9 Å². The summed E-state index contributed by atoms with van der Waals surface area (Å²) >= 11 is 1.83. The Bertz CT molecular complexity index is 450. The lowest BCUT2D eigenvalue weighted by molar-refractivity contribution is -0.140. The number of morpholine rings is 1. The molecule has 0 aromatic heterocycles. The van der Waals surface area contributed by atoms with Gasteiger partial charge in [-0.25, -0.2) is 0 Å². The van der Waals surface area contributed by atoms with Crippen molar-refractivity contribution >= 4 is 17.7 Å². The Labute approximate surface area is 138 Å². The van der Waals surface area contributed by atoms with E-state index in [1.165, 1.54) is 4.90 Å². The summed E-state index contributed by atoms with van der Waals surface area (Å²) in [4.78, 5) is 15.8. The van der Waals surface area contributed by atoms with Crippen LogP contribution >= 0.6 is 11.8 Å². The van der Waals surface area contributed by atoms with Crippen molar-refractivity contribution in [3.05, 3.63) is 30.3 Å². The highest BCUT2D eigenvalue weighted by atomic mass is 32.2. The normalized spacial score (nSPS) is 18.7. The zero-order valence-electron chi connectivity index (χ0n) is 13.7. The highest BCUT2D eigenvalue weighted by Crippen LogP contribution is 2.20. The third-order valence-electron chi connectivity index (χ3n) is 3.84. The molecule has 0 saturated carbocycles. The van der Waals surface area contributed by atoms with Crippen LogP contribution in [0, 0.1) is 5.92 Å². The Kier molecular flexibility index (Phi) is 7.26. The van der Waals surface area contributed by atoms with E-state index in [4.69, 9.17) is 4.74 Å². The second-order valence-electron chi connectivity index (χ2n) is 6.21. The van der Waals surface area contributed by atoms with Gasteiger partial charge >= 0.3 is 0 Å². The van der Waals surface area contributed by atoms with Crippen LogP contribution in [0.2, 0.25) is 0 Å². The Morgan fingerprint density at radius 2 is 2.14 bits per heavy atom. The van der Waals surface area contributed by atoms with Crippen molar-refractivity contribution in [1.29, 1.82) is 0 Å². The first-order valence-corrected chi connectivity index (χ1v) is 9.20. The molecule has 1 aliphatic heterocycles. The van der Waals surface area contributed by atoms with Crippen molar-refractivity contribution in [2.75, 3.05) is 25.5 Å². The van der Waals surface area contributed by atoms with Crippen LogP contribution in [0.1, 0.15) is 33.1 Å². The van der Waals surface area contributed by atoms with E-state index in [1.807, 2.05) is 17.8 Å². The molecule has 0 aliphatic carbocycles. The van der Waals surface area contributed by atoms with Gasteiger partial charge in [-0.15, -0.1) is 11.8 Å². The monoisotopic (exact) mass is 321 g/mol. The standard InChI is InChI=1S/C18H27NO2S/c1-15(2)13-16-14-21-11-10-19(16)18(20)9-6-12-22-17-7-4-3-5-8-17/h3-5,7-8,15-16H,6,9-14H2,1-2H3. The Morgan fingerprint density at radius 3 is 2.86 bits per heavy atom. The lowest BCUT2D eigenvalue weighted by Gasteiger charge is -2.36. The lowest BCUT2D eigenvalue weighted by Crippen LogP contribution is -2.49. The van der Waals surface area contributed by atoms with Crippen LogP contribution in [-0.2, 0) is 9.53 Å². The van der Waals surface area contributed by atoms with Crippen LogP contribution in [0.5, 0.6) is 0 Å². The summed E-state index contributed by atoms with van der Waals surface area (Å²) in [5.74, 6) is 1.88. The summed E-state index contributed by atoms with van der Waals surface area (Å²) < 4.78 is 5.55. The number of rotatable bonds is 7. The first kappa shape index (κ1) is 17.4. The highest BCUT2D eigenvalue weighted by molar-refractivity contribution is 7.99. The van der Waals surface area contributed by atoms with Crippen LogP contribution < -0.4 is 0 Å². The number of thioether (sulfide) groups is 1. The van der Waals surface area contributed by atoms with E-state index < -0.39 is 0 Å². The topological polar surface area (TPSA) is 29.5 Å². The number of carbonyl (C=O) groups excluding carboxylic acids is 1. The fourth-order valence-corrected chi connectivity index (χ4v) is 3.67. The van der Waals surface area contributed by atoms with E-state index in [-0.39, 0.29) is 6.04 Å². The molecule has 1 heterocycles. The van der Waals surface area contributed by atoms with Gasteiger partial charge in [0.15, 0.2) is 0 Å². The molecule has 1 fully saturated rings. The van der Waals surface area contributed by atoms with E-state index in [0.717, 1.165) is 25.1 Å². The smallest absolute Gasteiger partial charge is 0.223 e. The predicted octanol–water partition coefficient (Wildman–Crippen LogP) is 3.83. The predicted molar refractivity (Wildman–Crippen MR) is 92.2 cm³/mol. The molecule has 1 unspecified atom stereocenters. The maximum atomic E-state index is 12.5. The number of carbonyl (C=O) groups is 1. The Hall–Kier alpha value is -1.00. The summed E-state index contributed by atoms with van der Waals surface area (Å²) in [7, 11) is 0. The number of ether oxygens (including phenoxy) is 1. The van der Waals surface area contributed by atoms with Crippen molar-refractivity contribution in [2.24, 2.45) is 5.92 Å². The van der Waals surface area contributed by atoms with E-state index in [0.29, 0.717) is 31.5 Å². The first-order chi connectivity index (χ1) is 10.7. The molecular weight excluding hydrogens is 294 g/mol. The third-order valence-corrected chi connectivity index (χ3v) is 4.94. The minimum absolute atomic E-state index is 0.267. The molecule has 1 aliphatic rings. The molecule has 4 heteroatoms. The molecule has 0 spiro atoms. The minimum atomic E-state index is 0.267. The summed E-state index contributed by atoms with van der Waals surface area (Å²) in [5, 5.41) is 0. The molecule has 122 valence electrons. The quantitative estimate of drug-likeness (QED) is 0.564. The van der Waals surface area contributed by atoms with E-state index in [9.17, 15) is 4.79 Å². The van der Waals surface area contributed by atoms with E-state index in [2.05, 4.69) is 43.0 Å². The van der Waals surface area contributed by atoms with Gasteiger partial charge in [-0.1, -0.05) is 32.0 Å². The third kappa shape index (κ3) is 5.65. The van der Waals surface area contributed by atoms with Gasteiger partial charge in [-0.2, -0.15) is 0 Å². The van der Waals surface area contributed by atoms with Crippen LogP contribution in [0.3, 0.4) is 0 Å². The molecule has 0 N–H and O–H groups in total. The summed E-state index contributed by atoms with van der Waals surface area (Å²) in [6.45, 7) is 6.53. The van der Waals surface area contributed by atoms with Crippen LogP contribution in [0.4, 0.5) is 0 Å². The van der Waals surface area contributed by atoms with Crippen molar-refractivity contribution in [3.63, 3.8) is 0 Å². The molecular formula is C18H27NO2S. The molecule has 3 nitrogen and oxygen atoms in total. The lowest BCUT2D eigenvalue weighted by atomic mass is 10.0. The van der Waals surface area contributed by atoms with Gasteiger partial charge in [0.1, 0.15) is 0 Å². The van der Waals surface area contributed by atoms with Gasteiger partial charge < -0.3 is 9.64 Å².